The van der Waals surface area contributed by atoms with E-state index in [1.54, 1.807) is 12.1 Å². The van der Waals surface area contributed by atoms with Crippen LogP contribution in [-0.4, -0.2) is 9.85 Å². The van der Waals surface area contributed by atoms with Crippen molar-refractivity contribution in [3.05, 3.63) is 35.5 Å². The zero-order chi connectivity index (χ0) is 9.14. The number of alkyl halides is 1. The van der Waals surface area contributed by atoms with Crippen molar-refractivity contribution in [2.24, 2.45) is 0 Å². The summed E-state index contributed by atoms with van der Waals surface area (Å²) in [4.78, 5) is 12.1. The van der Waals surface area contributed by atoms with Gasteiger partial charge < -0.3 is 0 Å². The second-order valence-electron chi connectivity index (χ2n) is 2.04. The topological polar surface area (TPSA) is 43.1 Å². The van der Waals surface area contributed by atoms with Gasteiger partial charge in [0.25, 0.3) is 0 Å². The molecule has 1 rings (SSSR count). The summed E-state index contributed by atoms with van der Waals surface area (Å²) in [5.41, 5.74) is 0.181. The van der Waals surface area contributed by atoms with E-state index < -0.39 is 0 Å². The Hall–Kier alpha value is 0.0800. The SMILES string of the molecule is C[I-]c1ccc([N+](=O)[O-])cc1I. The van der Waals surface area contributed by atoms with Gasteiger partial charge in [-0.25, -0.2) is 0 Å². The van der Waals surface area contributed by atoms with E-state index in [1.165, 1.54) is 3.57 Å². The molecule has 5 heteroatoms. The van der Waals surface area contributed by atoms with Gasteiger partial charge in [-0.3, -0.25) is 0 Å². The van der Waals surface area contributed by atoms with E-state index in [-0.39, 0.29) is 31.8 Å². The number of benzene rings is 1. The zero-order valence-electron chi connectivity index (χ0n) is 6.25. The fourth-order valence-electron chi connectivity index (χ4n) is 0.752. The van der Waals surface area contributed by atoms with E-state index in [0.29, 0.717) is 0 Å². The average molecular weight is 390 g/mol. The monoisotopic (exact) mass is 390 g/mol. The van der Waals surface area contributed by atoms with Crippen LogP contribution in [0.5, 0.6) is 0 Å². The molecule has 0 bridgehead atoms. The molecule has 0 radical (unpaired) electrons. The van der Waals surface area contributed by atoms with E-state index in [0.717, 1.165) is 3.57 Å². The van der Waals surface area contributed by atoms with Crippen molar-refractivity contribution in [2.75, 3.05) is 4.93 Å². The van der Waals surface area contributed by atoms with Crippen LogP contribution < -0.4 is 21.2 Å². The molecule has 0 aliphatic heterocycles. The molecule has 0 amide bonds. The Labute approximate surface area is 94.1 Å². The number of nitrogens with zero attached hydrogens (tertiary/aromatic N) is 1. The maximum atomic E-state index is 10.4. The van der Waals surface area contributed by atoms with Gasteiger partial charge in [-0.15, -0.1) is 0 Å². The predicted octanol–water partition coefficient (Wildman–Crippen LogP) is -0.912. The van der Waals surface area contributed by atoms with Crippen LogP contribution in [0.15, 0.2) is 18.2 Å². The Kier molecular flexibility index (Phi) is 3.69. The molecular formula is C7H6I2NO2-. The number of non-ortho nitro benzene ring substituents is 1. The zero-order valence-corrected chi connectivity index (χ0v) is 10.6. The molecule has 3 nitrogen and oxygen atoms in total. The Morgan fingerprint density at radius 2 is 2.25 bits per heavy atom. The normalized spacial score (nSPS) is 10.2. The number of nitro groups is 1. The standard InChI is InChI=1S/C7H6I2NO2/c1-9-7-3-2-5(10(11)12)4-6(7)8/h2-4H,1H3/q-1. The molecular weight excluding hydrogens is 384 g/mol. The fraction of sp³-hybridized carbons (Fsp3) is 0.143. The van der Waals surface area contributed by atoms with Crippen LogP contribution in [-0.2, 0) is 0 Å². The summed E-state index contributed by atoms with van der Waals surface area (Å²) in [5, 5.41) is 10.4. The second-order valence-corrected chi connectivity index (χ2v) is 5.45. The van der Waals surface area contributed by atoms with Crippen molar-refractivity contribution in [1.82, 2.24) is 0 Å². The number of hydrogen-bond acceptors (Lipinski definition) is 2. The molecule has 1 aromatic carbocycles. The first kappa shape index (κ1) is 10.2. The number of halogens is 2. The van der Waals surface area contributed by atoms with E-state index in [1.807, 2.05) is 6.07 Å². The first-order chi connectivity index (χ1) is 5.65. The average Bonchev–Trinajstić information content (AvgIpc) is 2.04. The molecule has 0 saturated heterocycles. The molecule has 0 heterocycles. The van der Waals surface area contributed by atoms with Gasteiger partial charge in [0.15, 0.2) is 0 Å². The van der Waals surface area contributed by atoms with Crippen LogP contribution in [0.4, 0.5) is 5.69 Å². The van der Waals surface area contributed by atoms with E-state index in [2.05, 4.69) is 27.5 Å². The molecule has 1 aromatic rings. The molecule has 0 spiro atoms. The van der Waals surface area contributed by atoms with Crippen LogP contribution in [0.2, 0.25) is 0 Å². The van der Waals surface area contributed by atoms with Crippen molar-refractivity contribution in [2.45, 2.75) is 0 Å². The number of rotatable bonds is 2. The molecule has 66 valence electrons. The van der Waals surface area contributed by atoms with Crippen LogP contribution in [0.25, 0.3) is 0 Å². The van der Waals surface area contributed by atoms with Crippen molar-refractivity contribution in [3.8, 4) is 0 Å². The molecule has 12 heavy (non-hydrogen) atoms. The van der Waals surface area contributed by atoms with Gasteiger partial charge in [0.1, 0.15) is 0 Å². The van der Waals surface area contributed by atoms with Gasteiger partial charge in [0.2, 0.25) is 0 Å². The summed E-state index contributed by atoms with van der Waals surface area (Å²) in [5.74, 6) is 0. The Morgan fingerprint density at radius 3 is 2.67 bits per heavy atom. The summed E-state index contributed by atoms with van der Waals surface area (Å²) in [6, 6.07) is 5.05. The van der Waals surface area contributed by atoms with Crippen molar-refractivity contribution in [1.29, 1.82) is 0 Å². The molecule has 0 atom stereocenters. The molecule has 0 saturated carbocycles. The predicted molar refractivity (Wildman–Crippen MR) is 50.4 cm³/mol. The van der Waals surface area contributed by atoms with E-state index in [4.69, 9.17) is 0 Å². The summed E-state index contributed by atoms with van der Waals surface area (Å²) in [7, 11) is 0. The quantitative estimate of drug-likeness (QED) is 0.284. The minimum absolute atomic E-state index is 0.0249. The Bertz CT molecular complexity index is 314. The third-order valence-electron chi connectivity index (χ3n) is 1.32. The Balaban J connectivity index is 3.10. The van der Waals surface area contributed by atoms with Crippen molar-refractivity contribution < 1.29 is 26.1 Å². The van der Waals surface area contributed by atoms with Gasteiger partial charge >= 0.3 is 94.8 Å². The number of nitro benzene ring substituents is 1. The van der Waals surface area contributed by atoms with Gasteiger partial charge in [-0.05, 0) is 0 Å². The van der Waals surface area contributed by atoms with Crippen molar-refractivity contribution in [3.63, 3.8) is 0 Å². The minimum atomic E-state index is -0.361. The first-order valence-corrected chi connectivity index (χ1v) is 7.40. The summed E-state index contributed by atoms with van der Waals surface area (Å²) < 4.78 is 2.28. The molecule has 0 aliphatic rings. The summed E-state index contributed by atoms with van der Waals surface area (Å²) in [6.07, 6.45) is 0. The van der Waals surface area contributed by atoms with Crippen LogP contribution in [0.3, 0.4) is 0 Å². The summed E-state index contributed by atoms with van der Waals surface area (Å²) >= 11 is 2.17. The van der Waals surface area contributed by atoms with Crippen LogP contribution in [0, 0.1) is 17.3 Å². The summed E-state index contributed by atoms with van der Waals surface area (Å²) in [6.45, 7) is 0. The van der Waals surface area contributed by atoms with Gasteiger partial charge in [0.05, 0.1) is 0 Å². The van der Waals surface area contributed by atoms with Gasteiger partial charge in [0, 0.05) is 0 Å². The molecule has 0 N–H and O–H groups in total. The first-order valence-electron chi connectivity index (χ1n) is 3.08. The fourth-order valence-corrected chi connectivity index (χ4v) is 3.83. The van der Waals surface area contributed by atoms with Gasteiger partial charge in [-0.2, -0.15) is 0 Å². The van der Waals surface area contributed by atoms with Crippen LogP contribution in [0.1, 0.15) is 0 Å². The van der Waals surface area contributed by atoms with E-state index >= 15 is 0 Å². The third-order valence-corrected chi connectivity index (χ3v) is 5.35. The molecule has 0 fully saturated rings. The van der Waals surface area contributed by atoms with Crippen molar-refractivity contribution >= 4 is 28.3 Å². The third kappa shape index (κ3) is 2.28. The molecule has 0 aromatic heterocycles. The van der Waals surface area contributed by atoms with Gasteiger partial charge in [-0.1, -0.05) is 0 Å². The molecule has 0 aliphatic carbocycles. The van der Waals surface area contributed by atoms with E-state index in [9.17, 15) is 10.1 Å². The number of hydrogen-bond donors (Lipinski definition) is 0. The van der Waals surface area contributed by atoms with Crippen LogP contribution >= 0.6 is 22.6 Å². The molecule has 0 unspecified atom stereocenters. The Morgan fingerprint density at radius 1 is 1.58 bits per heavy atom. The maximum absolute atomic E-state index is 10.4. The second kappa shape index (κ2) is 4.35.